The molecule has 4 nitrogen and oxygen atoms in total. The van der Waals surface area contributed by atoms with Gasteiger partial charge in [-0.05, 0) is 31.0 Å². The van der Waals surface area contributed by atoms with Crippen molar-refractivity contribution < 1.29 is 14.6 Å². The van der Waals surface area contributed by atoms with Crippen molar-refractivity contribution in [2.24, 2.45) is 0 Å². The van der Waals surface area contributed by atoms with Crippen LogP contribution in [0, 0.1) is 0 Å². The second-order valence-corrected chi connectivity index (χ2v) is 4.07. The van der Waals surface area contributed by atoms with Crippen molar-refractivity contribution in [1.82, 2.24) is 5.32 Å². The van der Waals surface area contributed by atoms with Crippen LogP contribution in [0.2, 0.25) is 0 Å². The quantitative estimate of drug-likeness (QED) is 0.763. The van der Waals surface area contributed by atoms with Gasteiger partial charge in [0.1, 0.15) is 0 Å². The molecule has 0 bridgehead atoms. The lowest BCUT2D eigenvalue weighted by atomic mass is 10.1. The number of hydrogen-bond donors (Lipinski definition) is 2. The molecule has 0 aliphatic heterocycles. The Morgan fingerprint density at radius 2 is 2.12 bits per heavy atom. The van der Waals surface area contributed by atoms with E-state index in [0.29, 0.717) is 11.8 Å². The Balaban J connectivity index is 2.44. The predicted molar refractivity (Wildman–Crippen MR) is 67.5 cm³/mol. The van der Waals surface area contributed by atoms with Gasteiger partial charge in [-0.15, -0.1) is 0 Å². The van der Waals surface area contributed by atoms with E-state index in [0.717, 1.165) is 25.1 Å². The number of aromatic hydroxyl groups is 1. The molecule has 17 heavy (non-hydrogen) atoms. The van der Waals surface area contributed by atoms with E-state index in [1.165, 1.54) is 0 Å². The summed E-state index contributed by atoms with van der Waals surface area (Å²) in [6.07, 6.45) is 0.971. The van der Waals surface area contributed by atoms with Crippen LogP contribution in [0.25, 0.3) is 0 Å². The number of rotatable bonds is 7. The van der Waals surface area contributed by atoms with Crippen molar-refractivity contribution in [3.63, 3.8) is 0 Å². The zero-order valence-electron chi connectivity index (χ0n) is 10.7. The van der Waals surface area contributed by atoms with Gasteiger partial charge in [0.25, 0.3) is 0 Å². The SMILES string of the molecule is COCCC(C)NCc1ccc(OC)c(O)c1. The summed E-state index contributed by atoms with van der Waals surface area (Å²) >= 11 is 0. The van der Waals surface area contributed by atoms with Gasteiger partial charge in [-0.1, -0.05) is 6.07 Å². The number of benzene rings is 1. The maximum Gasteiger partial charge on any atom is 0.160 e. The third-order valence-electron chi connectivity index (χ3n) is 2.65. The molecule has 0 saturated heterocycles. The van der Waals surface area contributed by atoms with Crippen LogP contribution in [0.5, 0.6) is 11.5 Å². The molecule has 1 unspecified atom stereocenters. The molecule has 1 atom stereocenters. The number of phenolic OH excluding ortho intramolecular Hbond substituents is 1. The van der Waals surface area contributed by atoms with Crippen molar-refractivity contribution in [2.45, 2.75) is 25.9 Å². The molecule has 0 aliphatic carbocycles. The fourth-order valence-electron chi connectivity index (χ4n) is 1.53. The van der Waals surface area contributed by atoms with Crippen molar-refractivity contribution >= 4 is 0 Å². The van der Waals surface area contributed by atoms with Gasteiger partial charge in [0.05, 0.1) is 7.11 Å². The van der Waals surface area contributed by atoms with E-state index < -0.39 is 0 Å². The van der Waals surface area contributed by atoms with Crippen LogP contribution in [-0.4, -0.2) is 32.0 Å². The maximum atomic E-state index is 9.63. The number of phenols is 1. The lowest BCUT2D eigenvalue weighted by molar-refractivity contribution is 0.184. The van der Waals surface area contributed by atoms with Gasteiger partial charge in [0.2, 0.25) is 0 Å². The second-order valence-electron chi connectivity index (χ2n) is 4.07. The first kappa shape index (κ1) is 13.8. The largest absolute Gasteiger partial charge is 0.504 e. The average molecular weight is 239 g/mol. The number of ether oxygens (including phenoxy) is 2. The molecular weight excluding hydrogens is 218 g/mol. The normalized spacial score (nSPS) is 12.4. The maximum absolute atomic E-state index is 9.63. The molecule has 1 aromatic carbocycles. The zero-order chi connectivity index (χ0) is 12.7. The summed E-state index contributed by atoms with van der Waals surface area (Å²) in [6, 6.07) is 5.81. The molecule has 0 aromatic heterocycles. The van der Waals surface area contributed by atoms with Gasteiger partial charge in [-0.25, -0.2) is 0 Å². The molecule has 0 fully saturated rings. The van der Waals surface area contributed by atoms with Crippen molar-refractivity contribution in [3.05, 3.63) is 23.8 Å². The first-order chi connectivity index (χ1) is 8.17. The number of hydrogen-bond acceptors (Lipinski definition) is 4. The van der Waals surface area contributed by atoms with E-state index in [-0.39, 0.29) is 5.75 Å². The topological polar surface area (TPSA) is 50.7 Å². The van der Waals surface area contributed by atoms with Crippen LogP contribution >= 0.6 is 0 Å². The second kappa shape index (κ2) is 7.14. The summed E-state index contributed by atoms with van der Waals surface area (Å²) in [7, 11) is 3.24. The van der Waals surface area contributed by atoms with E-state index in [2.05, 4.69) is 12.2 Å². The third kappa shape index (κ3) is 4.63. The molecule has 0 spiro atoms. The van der Waals surface area contributed by atoms with E-state index in [4.69, 9.17) is 9.47 Å². The summed E-state index contributed by atoms with van der Waals surface area (Å²) in [6.45, 7) is 3.59. The Hall–Kier alpha value is -1.26. The Kier molecular flexibility index (Phi) is 5.80. The van der Waals surface area contributed by atoms with E-state index in [1.807, 2.05) is 6.07 Å². The molecule has 0 heterocycles. The molecule has 0 aliphatic rings. The van der Waals surface area contributed by atoms with E-state index in [9.17, 15) is 5.11 Å². The highest BCUT2D eigenvalue weighted by molar-refractivity contribution is 5.41. The molecular formula is C13H21NO3. The number of nitrogens with one attached hydrogen (secondary N) is 1. The van der Waals surface area contributed by atoms with Gasteiger partial charge in [-0.3, -0.25) is 0 Å². The number of methoxy groups -OCH3 is 2. The van der Waals surface area contributed by atoms with Crippen molar-refractivity contribution in [3.8, 4) is 11.5 Å². The van der Waals surface area contributed by atoms with Gasteiger partial charge in [0.15, 0.2) is 11.5 Å². The minimum absolute atomic E-state index is 0.177. The summed E-state index contributed by atoms with van der Waals surface area (Å²) in [4.78, 5) is 0. The minimum Gasteiger partial charge on any atom is -0.504 e. The van der Waals surface area contributed by atoms with Gasteiger partial charge in [-0.2, -0.15) is 0 Å². The summed E-state index contributed by atoms with van der Waals surface area (Å²) < 4.78 is 10.0. The zero-order valence-corrected chi connectivity index (χ0v) is 10.7. The molecule has 1 rings (SSSR count). The first-order valence-electron chi connectivity index (χ1n) is 5.75. The Bertz CT molecular complexity index is 341. The van der Waals surface area contributed by atoms with Crippen LogP contribution < -0.4 is 10.1 Å². The molecule has 96 valence electrons. The highest BCUT2D eigenvalue weighted by atomic mass is 16.5. The van der Waals surface area contributed by atoms with Crippen LogP contribution in [0.15, 0.2) is 18.2 Å². The molecule has 0 saturated carbocycles. The average Bonchev–Trinajstić information content (AvgIpc) is 2.34. The van der Waals surface area contributed by atoms with E-state index in [1.54, 1.807) is 26.4 Å². The minimum atomic E-state index is 0.177. The van der Waals surface area contributed by atoms with Gasteiger partial charge in [0, 0.05) is 26.3 Å². The third-order valence-corrected chi connectivity index (χ3v) is 2.65. The van der Waals surface area contributed by atoms with Crippen LogP contribution in [0.1, 0.15) is 18.9 Å². The van der Waals surface area contributed by atoms with Gasteiger partial charge >= 0.3 is 0 Å². The van der Waals surface area contributed by atoms with Crippen LogP contribution in [0.4, 0.5) is 0 Å². The fourth-order valence-corrected chi connectivity index (χ4v) is 1.53. The lowest BCUT2D eigenvalue weighted by Crippen LogP contribution is -2.26. The lowest BCUT2D eigenvalue weighted by Gasteiger charge is -2.13. The Labute approximate surface area is 103 Å². The summed E-state index contributed by atoms with van der Waals surface area (Å²) in [5.41, 5.74) is 1.03. The molecule has 1 aromatic rings. The standard InChI is InChI=1S/C13H21NO3/c1-10(6-7-16-2)14-9-11-4-5-13(17-3)12(15)8-11/h4-5,8,10,14-15H,6-7,9H2,1-3H3. The Morgan fingerprint density at radius 3 is 2.71 bits per heavy atom. The highest BCUT2D eigenvalue weighted by Crippen LogP contribution is 2.26. The van der Waals surface area contributed by atoms with E-state index >= 15 is 0 Å². The highest BCUT2D eigenvalue weighted by Gasteiger charge is 2.04. The van der Waals surface area contributed by atoms with Crippen molar-refractivity contribution in [2.75, 3.05) is 20.8 Å². The molecule has 0 amide bonds. The fraction of sp³-hybridized carbons (Fsp3) is 0.538. The van der Waals surface area contributed by atoms with Gasteiger partial charge < -0.3 is 19.9 Å². The summed E-state index contributed by atoms with van der Waals surface area (Å²) in [5.74, 6) is 0.678. The Morgan fingerprint density at radius 1 is 1.35 bits per heavy atom. The molecule has 2 N–H and O–H groups in total. The molecule has 4 heteroatoms. The smallest absolute Gasteiger partial charge is 0.160 e. The predicted octanol–water partition coefficient (Wildman–Crippen LogP) is 1.92. The first-order valence-corrected chi connectivity index (χ1v) is 5.75. The van der Waals surface area contributed by atoms with Crippen LogP contribution in [-0.2, 0) is 11.3 Å². The monoisotopic (exact) mass is 239 g/mol. The molecule has 0 radical (unpaired) electrons. The van der Waals surface area contributed by atoms with Crippen molar-refractivity contribution in [1.29, 1.82) is 0 Å². The van der Waals surface area contributed by atoms with Crippen LogP contribution in [0.3, 0.4) is 0 Å². The summed E-state index contributed by atoms with van der Waals surface area (Å²) in [5, 5.41) is 13.0.